The Morgan fingerprint density at radius 2 is 1.38 bits per heavy atom. The molecule has 1 amide bonds. The standard InChI is InChI=1S/C53H53N7O5/c1-7-20-47-55-48-35(2)29-43(54-52(62)37(4)36(3)34-61)32-44(48)59(47)33-38-30-45(63-5)50(46(31-38)64-6)65-49(39-21-12-8-13-22-39)51-56-57-58-60(51)53(40-23-14-9-15-24-40,41-25-16-10-17-26-41)42-27-18-11-19-28-42/h8-19,21-31,34,36-37,49H,7,20,32-33H2,1-6H3. The molecule has 0 saturated carbocycles. The number of ether oxygens (including phenoxy) is 3. The number of allylic oxidation sites excluding steroid dienone is 2. The van der Waals surface area contributed by atoms with Crippen LogP contribution in [0.4, 0.5) is 0 Å². The molecule has 0 bridgehead atoms. The number of nitrogens with zero attached hydrogens (tertiary/aromatic N) is 7. The van der Waals surface area contributed by atoms with Crippen molar-refractivity contribution in [3.63, 3.8) is 0 Å². The van der Waals surface area contributed by atoms with Gasteiger partial charge in [-0.1, -0.05) is 142 Å². The number of imidazole rings is 1. The summed E-state index contributed by atoms with van der Waals surface area (Å²) < 4.78 is 23.6. The smallest absolute Gasteiger partial charge is 0.249 e. The van der Waals surface area contributed by atoms with Gasteiger partial charge in [0.1, 0.15) is 17.6 Å². The van der Waals surface area contributed by atoms with Crippen LogP contribution in [0.5, 0.6) is 17.2 Å². The van der Waals surface area contributed by atoms with Crippen molar-refractivity contribution in [2.75, 3.05) is 14.2 Å². The first-order valence-corrected chi connectivity index (χ1v) is 22.0. The van der Waals surface area contributed by atoms with E-state index in [0.717, 1.165) is 69.7 Å². The lowest BCUT2D eigenvalue weighted by atomic mass is 9.77. The third-order valence-corrected chi connectivity index (χ3v) is 12.2. The first-order chi connectivity index (χ1) is 31.7. The molecular weight excluding hydrogens is 815 g/mol. The number of aliphatic imine (C=N–C) groups is 1. The fraction of sp³-hybridized carbons (Fsp3) is 0.264. The highest BCUT2D eigenvalue weighted by molar-refractivity contribution is 6.09. The van der Waals surface area contributed by atoms with E-state index < -0.39 is 23.5 Å². The number of fused-ring (bicyclic) bond motifs is 1. The maximum Gasteiger partial charge on any atom is 0.249 e. The second kappa shape index (κ2) is 19.5. The van der Waals surface area contributed by atoms with Gasteiger partial charge in [0.15, 0.2) is 23.4 Å². The van der Waals surface area contributed by atoms with Crippen LogP contribution in [-0.2, 0) is 34.5 Å². The zero-order valence-electron chi connectivity index (χ0n) is 37.6. The minimum atomic E-state index is -1.02. The monoisotopic (exact) mass is 867 g/mol. The maximum atomic E-state index is 13.1. The zero-order valence-corrected chi connectivity index (χ0v) is 37.6. The first kappa shape index (κ1) is 44.1. The van der Waals surface area contributed by atoms with Gasteiger partial charge in [0, 0.05) is 36.8 Å². The Bertz CT molecular complexity index is 2700. The number of aromatic nitrogens is 6. The average molecular weight is 868 g/mol. The summed E-state index contributed by atoms with van der Waals surface area (Å²) in [7, 11) is 3.22. The van der Waals surface area contributed by atoms with Gasteiger partial charge in [-0.05, 0) is 69.8 Å². The van der Waals surface area contributed by atoms with E-state index in [1.807, 2.05) is 115 Å². The number of amides is 1. The summed E-state index contributed by atoms with van der Waals surface area (Å²) >= 11 is 0. The van der Waals surface area contributed by atoms with Crippen molar-refractivity contribution in [2.45, 2.75) is 65.1 Å². The van der Waals surface area contributed by atoms with Gasteiger partial charge < -0.3 is 23.6 Å². The number of carbonyl (C=O) groups excluding carboxylic acids is 2. The minimum absolute atomic E-state index is 0.314. The van der Waals surface area contributed by atoms with Crippen molar-refractivity contribution in [1.29, 1.82) is 0 Å². The van der Waals surface area contributed by atoms with Crippen molar-refractivity contribution in [3.05, 3.63) is 190 Å². The van der Waals surface area contributed by atoms with Gasteiger partial charge in [0.25, 0.3) is 0 Å². The van der Waals surface area contributed by atoms with Crippen molar-refractivity contribution < 1.29 is 23.8 Å². The number of aryl methyl sites for hydroxylation is 1. The molecule has 0 aliphatic heterocycles. The number of aldehydes is 1. The molecule has 0 fully saturated rings. The van der Waals surface area contributed by atoms with Crippen LogP contribution in [0.3, 0.4) is 0 Å². The highest BCUT2D eigenvalue weighted by atomic mass is 16.5. The zero-order chi connectivity index (χ0) is 45.5. The molecule has 1 aliphatic rings. The second-order valence-electron chi connectivity index (χ2n) is 16.4. The van der Waals surface area contributed by atoms with E-state index in [9.17, 15) is 9.59 Å². The molecule has 2 heterocycles. The molecule has 12 nitrogen and oxygen atoms in total. The third kappa shape index (κ3) is 8.63. The van der Waals surface area contributed by atoms with E-state index in [1.165, 1.54) is 0 Å². The lowest BCUT2D eigenvalue weighted by Gasteiger charge is -2.37. The Morgan fingerprint density at radius 3 is 1.91 bits per heavy atom. The molecule has 0 N–H and O–H groups in total. The Kier molecular flexibility index (Phi) is 13.2. The molecule has 0 spiro atoms. The van der Waals surface area contributed by atoms with Crippen LogP contribution in [0.2, 0.25) is 0 Å². The van der Waals surface area contributed by atoms with Gasteiger partial charge in [-0.2, -0.15) is 0 Å². The van der Waals surface area contributed by atoms with Crippen molar-refractivity contribution in [3.8, 4) is 17.2 Å². The van der Waals surface area contributed by atoms with E-state index in [-0.39, 0.29) is 5.91 Å². The molecule has 330 valence electrons. The van der Waals surface area contributed by atoms with Crippen LogP contribution in [0.15, 0.2) is 145 Å². The molecular formula is C53H53N7O5. The first-order valence-electron chi connectivity index (χ1n) is 22.0. The summed E-state index contributed by atoms with van der Waals surface area (Å²) in [6.45, 7) is 8.03. The molecule has 7 aromatic rings. The van der Waals surface area contributed by atoms with E-state index >= 15 is 0 Å². The van der Waals surface area contributed by atoms with Gasteiger partial charge in [-0.15, -0.1) is 5.10 Å². The van der Waals surface area contributed by atoms with Crippen LogP contribution in [0, 0.1) is 11.8 Å². The highest BCUT2D eigenvalue weighted by Gasteiger charge is 2.44. The minimum Gasteiger partial charge on any atom is -0.493 e. The fourth-order valence-electron chi connectivity index (χ4n) is 8.67. The van der Waals surface area contributed by atoms with E-state index in [0.29, 0.717) is 41.8 Å². The Labute approximate surface area is 379 Å². The van der Waals surface area contributed by atoms with Gasteiger partial charge in [-0.25, -0.2) is 14.7 Å². The Hall–Kier alpha value is -7.47. The van der Waals surface area contributed by atoms with E-state index in [1.54, 1.807) is 28.1 Å². The molecule has 3 atom stereocenters. The quantitative estimate of drug-likeness (QED) is 0.0648. The molecule has 0 radical (unpaired) electrons. The highest BCUT2D eigenvalue weighted by Crippen LogP contribution is 2.46. The molecule has 1 aliphatic carbocycles. The molecule has 5 aromatic carbocycles. The van der Waals surface area contributed by atoms with Crippen LogP contribution in [0.25, 0.3) is 5.57 Å². The van der Waals surface area contributed by atoms with Crippen LogP contribution in [-0.4, -0.2) is 61.9 Å². The van der Waals surface area contributed by atoms with E-state index in [4.69, 9.17) is 29.5 Å². The summed E-state index contributed by atoms with van der Waals surface area (Å²) in [6, 6.07) is 44.5. The van der Waals surface area contributed by atoms with Crippen LogP contribution >= 0.6 is 0 Å². The van der Waals surface area contributed by atoms with Crippen molar-refractivity contribution in [1.82, 2.24) is 29.8 Å². The summed E-state index contributed by atoms with van der Waals surface area (Å²) in [5.74, 6) is 1.38. The normalized spacial score (nSPS) is 14.5. The molecule has 0 saturated heterocycles. The second-order valence-corrected chi connectivity index (χ2v) is 16.4. The predicted octanol–water partition coefficient (Wildman–Crippen LogP) is 9.29. The molecule has 8 rings (SSSR count). The van der Waals surface area contributed by atoms with Crippen LogP contribution < -0.4 is 14.2 Å². The predicted molar refractivity (Wildman–Crippen MR) is 250 cm³/mol. The maximum absolute atomic E-state index is 13.1. The van der Waals surface area contributed by atoms with Gasteiger partial charge in [-0.3, -0.25) is 4.79 Å². The topological polar surface area (TPSA) is 136 Å². The Balaban J connectivity index is 1.23. The number of hydrogen-bond acceptors (Lipinski definition) is 9. The number of tetrazole rings is 1. The fourth-order valence-corrected chi connectivity index (χ4v) is 8.67. The molecule has 12 heteroatoms. The van der Waals surface area contributed by atoms with Gasteiger partial charge in [0.05, 0.1) is 31.3 Å². The van der Waals surface area contributed by atoms with Gasteiger partial charge in [0.2, 0.25) is 11.7 Å². The number of benzene rings is 5. The van der Waals surface area contributed by atoms with Crippen LogP contribution in [0.1, 0.15) is 91.1 Å². The van der Waals surface area contributed by atoms with Crippen molar-refractivity contribution in [2.24, 2.45) is 16.8 Å². The Morgan fingerprint density at radius 1 is 0.831 bits per heavy atom. The number of carbonyl (C=O) groups is 2. The summed E-state index contributed by atoms with van der Waals surface area (Å²) in [5, 5.41) is 13.9. The lowest BCUT2D eigenvalue weighted by Crippen LogP contribution is -2.41. The summed E-state index contributed by atoms with van der Waals surface area (Å²) in [5.41, 5.74) is 6.96. The molecule has 2 aromatic heterocycles. The summed E-state index contributed by atoms with van der Waals surface area (Å²) in [6.07, 6.45) is 3.92. The number of methoxy groups -OCH3 is 2. The lowest BCUT2D eigenvalue weighted by molar-refractivity contribution is -0.125. The number of rotatable bonds is 17. The van der Waals surface area contributed by atoms with Gasteiger partial charge >= 0.3 is 0 Å². The van der Waals surface area contributed by atoms with Crippen molar-refractivity contribution >= 4 is 23.5 Å². The molecule has 65 heavy (non-hydrogen) atoms. The van der Waals surface area contributed by atoms with E-state index in [2.05, 4.69) is 58.1 Å². The average Bonchev–Trinajstić information content (AvgIpc) is 3.97. The largest absolute Gasteiger partial charge is 0.493 e. The SMILES string of the molecule is CCCc1nc2c(n1Cc1cc(OC)c(OC(c3ccccc3)c3nnnn3C(c3ccccc3)(c3ccccc3)c3ccccc3)c(OC)c1)CC(=NC(=O)C(C)C(C)C=O)C=C2C. The molecule has 3 unspecified atom stereocenters. The number of hydrogen-bond donors (Lipinski definition) is 0. The third-order valence-electron chi connectivity index (χ3n) is 12.2. The summed E-state index contributed by atoms with van der Waals surface area (Å²) in [4.78, 5) is 34.2.